The van der Waals surface area contributed by atoms with E-state index in [1.807, 2.05) is 52.9 Å². The molecule has 0 aliphatic heterocycles. The molecule has 0 heterocycles. The van der Waals surface area contributed by atoms with E-state index in [0.29, 0.717) is 9.26 Å². The van der Waals surface area contributed by atoms with Crippen molar-refractivity contribution in [3.8, 4) is 0 Å². The lowest BCUT2D eigenvalue weighted by Crippen LogP contribution is -2.36. The molecule has 2 aromatic rings. The van der Waals surface area contributed by atoms with E-state index in [9.17, 15) is 9.59 Å². The fourth-order valence-electron chi connectivity index (χ4n) is 1.14. The quantitative estimate of drug-likeness (QED) is 0.677. The molecule has 0 aromatic heterocycles. The summed E-state index contributed by atoms with van der Waals surface area (Å²) in [4.78, 5) is 22.0. The van der Waals surface area contributed by atoms with E-state index < -0.39 is 10.9 Å². The zero-order valence-corrected chi connectivity index (χ0v) is 9.24. The van der Waals surface area contributed by atoms with Crippen molar-refractivity contribution in [3.05, 3.63) is 54.3 Å². The second-order valence-electron chi connectivity index (χ2n) is 2.84. The third-order valence-electron chi connectivity index (χ3n) is 1.90. The van der Waals surface area contributed by atoms with Crippen molar-refractivity contribution >= 4 is 34.0 Å². The van der Waals surface area contributed by atoms with Gasteiger partial charge in [0.15, 0.2) is 0 Å². The number of hydrogen-bond donors (Lipinski definition) is 1. The number of benzene rings is 1. The lowest BCUT2D eigenvalue weighted by molar-refractivity contribution is 1.34. The van der Waals surface area contributed by atoms with Crippen LogP contribution in [0.15, 0.2) is 39.9 Å². The van der Waals surface area contributed by atoms with Crippen LogP contribution in [0.3, 0.4) is 0 Å². The molecule has 0 bridgehead atoms. The summed E-state index contributed by atoms with van der Waals surface area (Å²) < 4.78 is 0.483. The van der Waals surface area contributed by atoms with E-state index in [1.54, 1.807) is 0 Å². The molecule has 70 valence electrons. The van der Waals surface area contributed by atoms with Crippen LogP contribution in [-0.2, 0) is 0 Å². The van der Waals surface area contributed by atoms with Crippen LogP contribution in [0, 0.1) is 3.57 Å². The van der Waals surface area contributed by atoms with Gasteiger partial charge in [0.2, 0.25) is 5.43 Å². The topological polar surface area (TPSA) is 46.2 Å². The van der Waals surface area contributed by atoms with Crippen LogP contribution < -0.4 is 16.2 Å². The van der Waals surface area contributed by atoms with Gasteiger partial charge in [-0.25, -0.2) is 0 Å². The summed E-state index contributed by atoms with van der Waals surface area (Å²) in [6.45, 7) is 0. The molecule has 0 saturated heterocycles. The number of anilines is 2. The van der Waals surface area contributed by atoms with Gasteiger partial charge in [-0.3, -0.25) is 9.59 Å². The normalized spacial score (nSPS) is 10.4. The molecule has 0 atom stereocenters. The molecule has 2 rings (SSSR count). The molecule has 0 radical (unpaired) electrons. The Balaban J connectivity index is 2.30. The molecule has 0 saturated carbocycles. The van der Waals surface area contributed by atoms with E-state index in [0.717, 1.165) is 5.69 Å². The van der Waals surface area contributed by atoms with Crippen molar-refractivity contribution in [2.75, 3.05) is 5.32 Å². The van der Waals surface area contributed by atoms with Gasteiger partial charge in [-0.05, 0) is 34.7 Å². The lowest BCUT2D eigenvalue weighted by Gasteiger charge is -2.08. The Morgan fingerprint density at radius 2 is 1.64 bits per heavy atom. The summed E-state index contributed by atoms with van der Waals surface area (Å²) in [6.07, 6.45) is 0. The first kappa shape index (κ1) is 9.39. The highest BCUT2D eigenvalue weighted by Gasteiger charge is 2.17. The molecule has 0 spiro atoms. The highest BCUT2D eigenvalue weighted by Crippen LogP contribution is 2.17. The molecule has 0 amide bonds. The van der Waals surface area contributed by atoms with E-state index in [4.69, 9.17) is 0 Å². The van der Waals surface area contributed by atoms with Crippen LogP contribution >= 0.6 is 22.6 Å². The van der Waals surface area contributed by atoms with E-state index in [-0.39, 0.29) is 0 Å². The summed E-state index contributed by atoms with van der Waals surface area (Å²) in [6, 6.07) is 9.29. The van der Waals surface area contributed by atoms with E-state index in [2.05, 4.69) is 5.32 Å². The second kappa shape index (κ2) is 3.53. The van der Waals surface area contributed by atoms with Crippen molar-refractivity contribution in [3.63, 3.8) is 0 Å². The van der Waals surface area contributed by atoms with Gasteiger partial charge in [0.05, 0.1) is 3.57 Å². The van der Waals surface area contributed by atoms with Crippen LogP contribution in [0.1, 0.15) is 0 Å². The third-order valence-corrected chi connectivity index (χ3v) is 2.92. The molecule has 1 N–H and O–H groups in total. The minimum atomic E-state index is -0.432. The summed E-state index contributed by atoms with van der Waals surface area (Å²) in [7, 11) is 0. The SMILES string of the molecule is O=c1c(I)c(Nc2ccccc2)c1=O. The van der Waals surface area contributed by atoms with Crippen LogP contribution in [-0.4, -0.2) is 0 Å². The van der Waals surface area contributed by atoms with E-state index >= 15 is 0 Å². The Hall–Kier alpha value is -1.17. The molecule has 0 unspecified atom stereocenters. The number of para-hydroxylation sites is 1. The number of halogens is 1. The van der Waals surface area contributed by atoms with Crippen molar-refractivity contribution in [1.82, 2.24) is 0 Å². The van der Waals surface area contributed by atoms with Gasteiger partial charge in [0, 0.05) is 5.69 Å². The summed E-state index contributed by atoms with van der Waals surface area (Å²) in [5, 5.41) is 2.91. The van der Waals surface area contributed by atoms with E-state index in [1.165, 1.54) is 0 Å². The monoisotopic (exact) mass is 299 g/mol. The van der Waals surface area contributed by atoms with Crippen LogP contribution in [0.5, 0.6) is 0 Å². The molecular formula is C10H6INO2. The largest absolute Gasteiger partial charge is 0.351 e. The highest BCUT2D eigenvalue weighted by atomic mass is 127. The maximum absolute atomic E-state index is 11.1. The van der Waals surface area contributed by atoms with Crippen molar-refractivity contribution < 1.29 is 0 Å². The van der Waals surface area contributed by atoms with Gasteiger partial charge in [-0.2, -0.15) is 0 Å². The first-order chi connectivity index (χ1) is 6.70. The Labute approximate surface area is 93.6 Å². The van der Waals surface area contributed by atoms with Crippen molar-refractivity contribution in [1.29, 1.82) is 0 Å². The Morgan fingerprint density at radius 1 is 1.00 bits per heavy atom. The molecule has 0 aliphatic rings. The van der Waals surface area contributed by atoms with Crippen LogP contribution in [0.4, 0.5) is 11.4 Å². The maximum Gasteiger partial charge on any atom is 0.251 e. The lowest BCUT2D eigenvalue weighted by atomic mass is 10.2. The second-order valence-corrected chi connectivity index (χ2v) is 3.92. The van der Waals surface area contributed by atoms with Gasteiger partial charge >= 0.3 is 0 Å². The van der Waals surface area contributed by atoms with Gasteiger partial charge in [-0.15, -0.1) is 0 Å². The summed E-state index contributed by atoms with van der Waals surface area (Å²) in [5.41, 5.74) is 0.390. The minimum absolute atomic E-state index is 0.399. The third kappa shape index (κ3) is 1.45. The zero-order valence-electron chi connectivity index (χ0n) is 7.08. The molecule has 0 fully saturated rings. The number of hydrogen-bond acceptors (Lipinski definition) is 3. The highest BCUT2D eigenvalue weighted by molar-refractivity contribution is 14.1. The van der Waals surface area contributed by atoms with Crippen molar-refractivity contribution in [2.45, 2.75) is 0 Å². The number of rotatable bonds is 2. The summed E-state index contributed by atoms with van der Waals surface area (Å²) >= 11 is 1.87. The Kier molecular flexibility index (Phi) is 2.37. The average Bonchev–Trinajstić information content (AvgIpc) is 2.26. The predicted molar refractivity (Wildman–Crippen MR) is 63.8 cm³/mol. The van der Waals surface area contributed by atoms with Gasteiger partial charge < -0.3 is 5.32 Å². The minimum Gasteiger partial charge on any atom is -0.351 e. The zero-order chi connectivity index (χ0) is 10.1. The standard InChI is InChI=1S/C10H6INO2/c11-7-8(10(14)9(7)13)12-6-4-2-1-3-5-6/h1-5,12H. The average molecular weight is 299 g/mol. The predicted octanol–water partition coefficient (Wildman–Crippen LogP) is 1.63. The molecule has 2 aromatic carbocycles. The fourth-order valence-corrected chi connectivity index (χ4v) is 1.77. The molecule has 0 aliphatic carbocycles. The molecule has 3 nitrogen and oxygen atoms in total. The maximum atomic E-state index is 11.1. The molecule has 14 heavy (non-hydrogen) atoms. The first-order valence-corrected chi connectivity index (χ1v) is 5.09. The number of nitrogens with one attached hydrogen (secondary N) is 1. The smallest absolute Gasteiger partial charge is 0.251 e. The Morgan fingerprint density at radius 3 is 2.21 bits per heavy atom. The molecule has 4 heteroatoms. The van der Waals surface area contributed by atoms with Crippen molar-refractivity contribution in [2.24, 2.45) is 0 Å². The van der Waals surface area contributed by atoms with Gasteiger partial charge in [0.25, 0.3) is 5.43 Å². The molecular weight excluding hydrogens is 293 g/mol. The van der Waals surface area contributed by atoms with Gasteiger partial charge in [0.1, 0.15) is 5.69 Å². The first-order valence-electron chi connectivity index (χ1n) is 4.01. The Bertz CT molecular complexity index is 526. The fraction of sp³-hybridized carbons (Fsp3) is 0. The summed E-state index contributed by atoms with van der Waals surface area (Å²) in [5.74, 6) is 0. The van der Waals surface area contributed by atoms with Crippen LogP contribution in [0.25, 0.3) is 0 Å². The van der Waals surface area contributed by atoms with Crippen LogP contribution in [0.2, 0.25) is 0 Å². The van der Waals surface area contributed by atoms with Gasteiger partial charge in [-0.1, -0.05) is 18.2 Å².